The van der Waals surface area contributed by atoms with Gasteiger partial charge in [-0.25, -0.2) is 0 Å². The molecule has 3 amide bonds. The number of amides is 3. The Morgan fingerprint density at radius 2 is 1.85 bits per heavy atom. The lowest BCUT2D eigenvalue weighted by Crippen LogP contribution is -2.43. The first kappa shape index (κ1) is 22.5. The SMILES string of the molecule is O=C(COc1c(Cl)cc(C=NN2C(=O)[C@@H]3[C@H](C2=O)[C@H]2C=C[C@H]3C2)cc1[N+](=O)[O-])N1CCOCC1. The van der Waals surface area contributed by atoms with Crippen LogP contribution in [0.1, 0.15) is 12.0 Å². The van der Waals surface area contributed by atoms with Crippen molar-refractivity contribution in [2.75, 3.05) is 32.9 Å². The van der Waals surface area contributed by atoms with Gasteiger partial charge in [-0.3, -0.25) is 24.5 Å². The number of nitro groups is 1. The van der Waals surface area contributed by atoms with E-state index in [0.717, 1.165) is 11.4 Å². The standard InChI is InChI=1S/C22H21ClN4O7/c23-15-7-12(10-24-26-21(29)18-13-1-2-14(9-13)19(18)22(26)30)8-16(27(31)32)20(15)34-11-17(28)25-3-5-33-6-4-25/h1-2,7-8,10,13-14,18-19H,3-6,9,11H2/t13-,14-,18-,19+/m0/s1. The zero-order chi connectivity index (χ0) is 24.0. The molecule has 3 fully saturated rings. The van der Waals surface area contributed by atoms with Gasteiger partial charge in [0, 0.05) is 24.7 Å². The number of halogens is 1. The van der Waals surface area contributed by atoms with Crippen molar-refractivity contribution >= 4 is 41.2 Å². The number of morpholine rings is 1. The quantitative estimate of drug-likeness (QED) is 0.195. The van der Waals surface area contributed by atoms with E-state index in [9.17, 15) is 24.5 Å². The lowest BCUT2D eigenvalue weighted by atomic mass is 9.85. The molecule has 0 radical (unpaired) electrons. The third-order valence-corrected chi connectivity index (χ3v) is 7.00. The molecular formula is C22H21ClN4O7. The monoisotopic (exact) mass is 488 g/mol. The predicted molar refractivity (Wildman–Crippen MR) is 118 cm³/mol. The Kier molecular flexibility index (Phi) is 5.82. The van der Waals surface area contributed by atoms with Crippen molar-refractivity contribution in [2.24, 2.45) is 28.8 Å². The van der Waals surface area contributed by atoms with Gasteiger partial charge in [0.05, 0.1) is 41.2 Å². The molecule has 0 unspecified atom stereocenters. The number of hydrogen-bond donors (Lipinski definition) is 0. The highest BCUT2D eigenvalue weighted by molar-refractivity contribution is 6.32. The second kappa shape index (κ2) is 8.80. The maximum Gasteiger partial charge on any atom is 0.313 e. The number of nitro benzene ring substituents is 1. The molecule has 2 aliphatic carbocycles. The molecule has 4 aliphatic rings. The Hall–Kier alpha value is -3.31. The number of ether oxygens (including phenoxy) is 2. The van der Waals surface area contributed by atoms with Gasteiger partial charge in [0.15, 0.2) is 6.61 Å². The van der Waals surface area contributed by atoms with Gasteiger partial charge in [-0.15, -0.1) is 0 Å². The largest absolute Gasteiger partial charge is 0.476 e. The summed E-state index contributed by atoms with van der Waals surface area (Å²) >= 11 is 6.23. The first-order chi connectivity index (χ1) is 16.3. The number of carbonyl (C=O) groups is 3. The van der Waals surface area contributed by atoms with Crippen LogP contribution in [0.15, 0.2) is 29.4 Å². The minimum absolute atomic E-state index is 0.0544. The predicted octanol–water partition coefficient (Wildman–Crippen LogP) is 1.63. The smallest absolute Gasteiger partial charge is 0.313 e. The van der Waals surface area contributed by atoms with Crippen molar-refractivity contribution in [1.29, 1.82) is 0 Å². The molecule has 1 aromatic rings. The van der Waals surface area contributed by atoms with E-state index in [1.165, 1.54) is 18.3 Å². The lowest BCUT2D eigenvalue weighted by molar-refractivity contribution is -0.385. The third kappa shape index (κ3) is 3.84. The fraction of sp³-hybridized carbons (Fsp3) is 0.455. The van der Waals surface area contributed by atoms with Crippen LogP contribution in [0.3, 0.4) is 0 Å². The molecule has 2 bridgehead atoms. The summed E-state index contributed by atoms with van der Waals surface area (Å²) in [4.78, 5) is 50.3. The van der Waals surface area contributed by atoms with Gasteiger partial charge in [-0.1, -0.05) is 23.8 Å². The first-order valence-corrected chi connectivity index (χ1v) is 11.3. The molecule has 0 spiro atoms. The zero-order valence-electron chi connectivity index (χ0n) is 18.0. The van der Waals surface area contributed by atoms with Gasteiger partial charge in [0.25, 0.3) is 17.7 Å². The third-order valence-electron chi connectivity index (χ3n) is 6.72. The topological polar surface area (TPSA) is 132 Å². The summed E-state index contributed by atoms with van der Waals surface area (Å²) in [5.41, 5.74) is -0.246. The molecule has 1 aromatic carbocycles. The highest BCUT2D eigenvalue weighted by Crippen LogP contribution is 2.52. The fourth-order valence-electron chi connectivity index (χ4n) is 5.12. The van der Waals surface area contributed by atoms with Crippen molar-refractivity contribution in [1.82, 2.24) is 9.91 Å². The van der Waals surface area contributed by atoms with Crippen molar-refractivity contribution < 1.29 is 28.8 Å². The average molecular weight is 489 g/mol. The van der Waals surface area contributed by atoms with Gasteiger partial charge in [0.1, 0.15) is 0 Å². The summed E-state index contributed by atoms with van der Waals surface area (Å²) in [5.74, 6) is -1.96. The second-order valence-corrected chi connectivity index (χ2v) is 9.03. The number of hydrogen-bond acceptors (Lipinski definition) is 8. The molecule has 2 aliphatic heterocycles. The Morgan fingerprint density at radius 1 is 1.21 bits per heavy atom. The number of benzene rings is 1. The van der Waals surface area contributed by atoms with Crippen LogP contribution in [0.5, 0.6) is 5.75 Å². The Morgan fingerprint density at radius 3 is 2.47 bits per heavy atom. The van der Waals surface area contributed by atoms with Gasteiger partial charge in [-0.2, -0.15) is 10.1 Å². The number of imide groups is 1. The molecule has 34 heavy (non-hydrogen) atoms. The number of fused-ring (bicyclic) bond motifs is 5. The molecule has 2 saturated heterocycles. The summed E-state index contributed by atoms with van der Waals surface area (Å²) < 4.78 is 10.6. The van der Waals surface area contributed by atoms with Crippen LogP contribution >= 0.6 is 11.6 Å². The number of rotatable bonds is 6. The Labute approximate surface area is 199 Å². The molecule has 1 saturated carbocycles. The van der Waals surface area contributed by atoms with Crippen molar-refractivity contribution in [3.8, 4) is 5.75 Å². The van der Waals surface area contributed by atoms with Crippen LogP contribution < -0.4 is 4.74 Å². The van der Waals surface area contributed by atoms with Gasteiger partial charge in [0.2, 0.25) is 5.75 Å². The second-order valence-electron chi connectivity index (χ2n) is 8.62. The van der Waals surface area contributed by atoms with Crippen LogP contribution in [0, 0.1) is 33.8 Å². The number of allylic oxidation sites excluding steroid dienone is 2. The van der Waals surface area contributed by atoms with Gasteiger partial charge in [-0.05, 0) is 24.3 Å². The molecular weight excluding hydrogens is 468 g/mol. The minimum Gasteiger partial charge on any atom is -0.476 e. The average Bonchev–Trinajstić information content (AvgIpc) is 3.51. The van der Waals surface area contributed by atoms with E-state index in [-0.39, 0.29) is 45.9 Å². The molecule has 2 heterocycles. The molecule has 5 rings (SSSR count). The number of hydrazone groups is 1. The van der Waals surface area contributed by atoms with Crippen LogP contribution in [-0.2, 0) is 19.1 Å². The maximum absolute atomic E-state index is 12.7. The van der Waals surface area contributed by atoms with Crippen LogP contribution in [-0.4, -0.2) is 71.7 Å². The van der Waals surface area contributed by atoms with E-state index >= 15 is 0 Å². The summed E-state index contributed by atoms with van der Waals surface area (Å²) in [5, 5.41) is 16.4. The zero-order valence-corrected chi connectivity index (χ0v) is 18.7. The molecule has 12 heteroatoms. The van der Waals surface area contributed by atoms with E-state index in [2.05, 4.69) is 5.10 Å². The normalized spacial score (nSPS) is 27.7. The Bertz CT molecular complexity index is 1100. The fourth-order valence-corrected chi connectivity index (χ4v) is 5.39. The van der Waals surface area contributed by atoms with E-state index in [4.69, 9.17) is 21.1 Å². The summed E-state index contributed by atoms with van der Waals surface area (Å²) in [6, 6.07) is 2.53. The summed E-state index contributed by atoms with van der Waals surface area (Å²) in [6.45, 7) is 1.26. The minimum atomic E-state index is -0.683. The molecule has 11 nitrogen and oxygen atoms in total. The summed E-state index contributed by atoms with van der Waals surface area (Å²) in [7, 11) is 0. The first-order valence-electron chi connectivity index (χ1n) is 10.9. The molecule has 178 valence electrons. The van der Waals surface area contributed by atoms with Crippen molar-refractivity contribution in [3.63, 3.8) is 0 Å². The van der Waals surface area contributed by atoms with E-state index < -0.39 is 29.1 Å². The molecule has 0 N–H and O–H groups in total. The number of carbonyl (C=O) groups excluding carboxylic acids is 3. The van der Waals surface area contributed by atoms with Crippen LogP contribution in [0.25, 0.3) is 0 Å². The van der Waals surface area contributed by atoms with Crippen molar-refractivity contribution in [2.45, 2.75) is 6.42 Å². The molecule has 4 atom stereocenters. The lowest BCUT2D eigenvalue weighted by Gasteiger charge is -2.26. The van der Waals surface area contributed by atoms with Gasteiger partial charge >= 0.3 is 5.69 Å². The van der Waals surface area contributed by atoms with E-state index in [1.807, 2.05) is 12.2 Å². The van der Waals surface area contributed by atoms with Crippen LogP contribution in [0.4, 0.5) is 5.69 Å². The highest BCUT2D eigenvalue weighted by Gasteiger charge is 2.59. The van der Waals surface area contributed by atoms with E-state index in [1.54, 1.807) is 4.90 Å². The van der Waals surface area contributed by atoms with E-state index in [0.29, 0.717) is 26.3 Å². The summed E-state index contributed by atoms with van der Waals surface area (Å²) in [6.07, 6.45) is 5.96. The van der Waals surface area contributed by atoms with Gasteiger partial charge < -0.3 is 14.4 Å². The Balaban J connectivity index is 1.32. The van der Waals surface area contributed by atoms with Crippen LogP contribution in [0.2, 0.25) is 5.02 Å². The number of nitrogens with zero attached hydrogens (tertiary/aromatic N) is 4. The maximum atomic E-state index is 12.7. The van der Waals surface area contributed by atoms with Crippen molar-refractivity contribution in [3.05, 3.63) is 45.0 Å². The molecule has 0 aromatic heterocycles. The highest BCUT2D eigenvalue weighted by atomic mass is 35.5.